The SMILES string of the molecule is CC(C)C(CN(C)C)NC(=O)c1cc(Cl)nnc1Cl. The molecule has 1 aromatic rings. The van der Waals surface area contributed by atoms with Crippen molar-refractivity contribution in [2.45, 2.75) is 19.9 Å². The van der Waals surface area contributed by atoms with Gasteiger partial charge < -0.3 is 10.2 Å². The van der Waals surface area contributed by atoms with E-state index in [0.29, 0.717) is 5.92 Å². The zero-order valence-electron chi connectivity index (χ0n) is 11.4. The van der Waals surface area contributed by atoms with E-state index < -0.39 is 0 Å². The van der Waals surface area contributed by atoms with Gasteiger partial charge in [0.1, 0.15) is 0 Å². The highest BCUT2D eigenvalue weighted by Gasteiger charge is 2.20. The van der Waals surface area contributed by atoms with Gasteiger partial charge in [-0.1, -0.05) is 37.0 Å². The molecule has 0 aliphatic heterocycles. The number of hydrogen-bond acceptors (Lipinski definition) is 4. The third-order valence-electron chi connectivity index (χ3n) is 2.65. The average Bonchev–Trinajstić information content (AvgIpc) is 2.30. The number of nitrogens with one attached hydrogen (secondary N) is 1. The molecule has 1 amide bonds. The first kappa shape index (κ1) is 16.1. The van der Waals surface area contributed by atoms with Gasteiger partial charge in [-0.25, -0.2) is 0 Å². The maximum absolute atomic E-state index is 12.2. The Balaban J connectivity index is 2.84. The standard InChI is InChI=1S/C12H18Cl2N4O/c1-7(2)9(6-18(3)4)15-12(19)8-5-10(13)16-17-11(8)14/h5,7,9H,6H2,1-4H3,(H,15,19). The second kappa shape index (κ2) is 7.03. The number of aromatic nitrogens is 2. The molecule has 5 nitrogen and oxygen atoms in total. The van der Waals surface area contributed by atoms with Crippen LogP contribution in [0.1, 0.15) is 24.2 Å². The van der Waals surface area contributed by atoms with Crippen LogP contribution in [0, 0.1) is 5.92 Å². The fraction of sp³-hybridized carbons (Fsp3) is 0.583. The smallest absolute Gasteiger partial charge is 0.254 e. The summed E-state index contributed by atoms with van der Waals surface area (Å²) in [6, 6.07) is 1.43. The molecule has 1 rings (SSSR count). The lowest BCUT2D eigenvalue weighted by Crippen LogP contribution is -2.45. The number of carbonyl (C=O) groups excluding carboxylic acids is 1. The molecule has 1 unspecified atom stereocenters. The molecule has 0 radical (unpaired) electrons. The van der Waals surface area contributed by atoms with Gasteiger partial charge in [-0.3, -0.25) is 4.79 Å². The van der Waals surface area contributed by atoms with E-state index in [1.165, 1.54) is 6.07 Å². The Bertz CT molecular complexity index is 451. The fourth-order valence-corrected chi connectivity index (χ4v) is 1.90. The molecule has 0 aliphatic rings. The molecule has 1 heterocycles. The van der Waals surface area contributed by atoms with Crippen molar-refractivity contribution in [2.24, 2.45) is 5.92 Å². The third-order valence-corrected chi connectivity index (χ3v) is 3.11. The molecule has 0 spiro atoms. The summed E-state index contributed by atoms with van der Waals surface area (Å²) in [6.07, 6.45) is 0. The summed E-state index contributed by atoms with van der Waals surface area (Å²) in [7, 11) is 3.92. The predicted octanol–water partition coefficient (Wildman–Crippen LogP) is 2.10. The van der Waals surface area contributed by atoms with Crippen LogP contribution in [-0.4, -0.2) is 47.7 Å². The van der Waals surface area contributed by atoms with Crippen LogP contribution in [0.15, 0.2) is 6.07 Å². The van der Waals surface area contributed by atoms with Crippen LogP contribution in [0.5, 0.6) is 0 Å². The van der Waals surface area contributed by atoms with Gasteiger partial charge >= 0.3 is 0 Å². The average molecular weight is 305 g/mol. The van der Waals surface area contributed by atoms with Gasteiger partial charge in [-0.05, 0) is 26.1 Å². The summed E-state index contributed by atoms with van der Waals surface area (Å²) in [4.78, 5) is 14.2. The Morgan fingerprint density at radius 1 is 1.37 bits per heavy atom. The molecule has 0 aromatic carbocycles. The minimum atomic E-state index is -0.289. The highest BCUT2D eigenvalue weighted by molar-refractivity contribution is 6.34. The molecular weight excluding hydrogens is 287 g/mol. The molecule has 106 valence electrons. The normalized spacial score (nSPS) is 12.8. The monoisotopic (exact) mass is 304 g/mol. The largest absolute Gasteiger partial charge is 0.348 e. The van der Waals surface area contributed by atoms with E-state index >= 15 is 0 Å². The lowest BCUT2D eigenvalue weighted by Gasteiger charge is -2.25. The van der Waals surface area contributed by atoms with Crippen molar-refractivity contribution in [1.29, 1.82) is 0 Å². The first-order chi connectivity index (χ1) is 8.81. The second-order valence-electron chi connectivity index (χ2n) is 4.96. The second-order valence-corrected chi connectivity index (χ2v) is 5.70. The van der Waals surface area contributed by atoms with Crippen molar-refractivity contribution < 1.29 is 4.79 Å². The number of likely N-dealkylation sites (N-methyl/N-ethyl adjacent to an activating group) is 1. The molecule has 1 N–H and O–H groups in total. The molecule has 1 aromatic heterocycles. The van der Waals surface area contributed by atoms with E-state index in [1.807, 2.05) is 32.8 Å². The predicted molar refractivity (Wildman–Crippen MR) is 76.7 cm³/mol. The van der Waals surface area contributed by atoms with Crippen molar-refractivity contribution in [3.63, 3.8) is 0 Å². The summed E-state index contributed by atoms with van der Waals surface area (Å²) < 4.78 is 0. The molecule has 7 heteroatoms. The minimum Gasteiger partial charge on any atom is -0.348 e. The number of carbonyl (C=O) groups is 1. The Morgan fingerprint density at radius 2 is 2.00 bits per heavy atom. The van der Waals surface area contributed by atoms with E-state index in [-0.39, 0.29) is 27.8 Å². The molecule has 19 heavy (non-hydrogen) atoms. The molecule has 0 fully saturated rings. The van der Waals surface area contributed by atoms with Crippen molar-refractivity contribution in [1.82, 2.24) is 20.4 Å². The molecule has 1 atom stereocenters. The molecular formula is C12H18Cl2N4O. The van der Waals surface area contributed by atoms with Gasteiger partial charge in [-0.2, -0.15) is 0 Å². The van der Waals surface area contributed by atoms with Gasteiger partial charge in [0.05, 0.1) is 5.56 Å². The van der Waals surface area contributed by atoms with E-state index in [4.69, 9.17) is 23.2 Å². The summed E-state index contributed by atoms with van der Waals surface area (Å²) in [6.45, 7) is 4.84. The zero-order valence-corrected chi connectivity index (χ0v) is 13.0. The highest BCUT2D eigenvalue weighted by Crippen LogP contribution is 2.16. The Labute approximate surface area is 123 Å². The van der Waals surface area contributed by atoms with Crippen molar-refractivity contribution in [3.05, 3.63) is 21.9 Å². The van der Waals surface area contributed by atoms with Gasteiger partial charge in [0, 0.05) is 12.6 Å². The van der Waals surface area contributed by atoms with Gasteiger partial charge in [0.2, 0.25) is 0 Å². The first-order valence-corrected chi connectivity index (χ1v) is 6.71. The van der Waals surface area contributed by atoms with Crippen LogP contribution in [0.3, 0.4) is 0 Å². The first-order valence-electron chi connectivity index (χ1n) is 5.95. The van der Waals surface area contributed by atoms with Crippen LogP contribution in [0.25, 0.3) is 0 Å². The minimum absolute atomic E-state index is 0.0190. The van der Waals surface area contributed by atoms with Gasteiger partial charge in [-0.15, -0.1) is 10.2 Å². The molecule has 0 saturated heterocycles. The Kier molecular flexibility index (Phi) is 5.97. The van der Waals surface area contributed by atoms with Crippen molar-refractivity contribution in [2.75, 3.05) is 20.6 Å². The van der Waals surface area contributed by atoms with Gasteiger partial charge in [0.25, 0.3) is 5.91 Å². The lowest BCUT2D eigenvalue weighted by atomic mass is 10.0. The number of halogens is 2. The van der Waals surface area contributed by atoms with Crippen LogP contribution in [0.2, 0.25) is 10.3 Å². The zero-order chi connectivity index (χ0) is 14.6. The van der Waals surface area contributed by atoms with E-state index in [0.717, 1.165) is 6.54 Å². The lowest BCUT2D eigenvalue weighted by molar-refractivity contribution is 0.0916. The number of nitrogens with zero attached hydrogens (tertiary/aromatic N) is 3. The van der Waals surface area contributed by atoms with Crippen molar-refractivity contribution >= 4 is 29.1 Å². The van der Waals surface area contributed by atoms with Gasteiger partial charge in [0.15, 0.2) is 10.3 Å². The maximum Gasteiger partial charge on any atom is 0.254 e. The highest BCUT2D eigenvalue weighted by atomic mass is 35.5. The van der Waals surface area contributed by atoms with Crippen LogP contribution in [-0.2, 0) is 0 Å². The van der Waals surface area contributed by atoms with Crippen molar-refractivity contribution in [3.8, 4) is 0 Å². The summed E-state index contributed by atoms with van der Waals surface area (Å²) in [5, 5.41) is 10.3. The molecule has 0 bridgehead atoms. The topological polar surface area (TPSA) is 58.1 Å². The van der Waals surface area contributed by atoms with Crippen LogP contribution >= 0.6 is 23.2 Å². The third kappa shape index (κ3) is 4.93. The van der Waals surface area contributed by atoms with E-state index in [2.05, 4.69) is 15.5 Å². The number of hydrogen-bond donors (Lipinski definition) is 1. The quantitative estimate of drug-likeness (QED) is 0.905. The fourth-order valence-electron chi connectivity index (χ4n) is 1.57. The summed E-state index contributed by atoms with van der Waals surface area (Å²) in [5.41, 5.74) is 0.242. The van der Waals surface area contributed by atoms with E-state index in [9.17, 15) is 4.79 Å². The number of amides is 1. The molecule has 0 saturated carbocycles. The maximum atomic E-state index is 12.2. The number of rotatable bonds is 5. The Morgan fingerprint density at radius 3 is 2.53 bits per heavy atom. The van der Waals surface area contributed by atoms with Crippen LogP contribution in [0.4, 0.5) is 0 Å². The molecule has 0 aliphatic carbocycles. The summed E-state index contributed by atoms with van der Waals surface area (Å²) >= 11 is 11.6. The van der Waals surface area contributed by atoms with Crippen LogP contribution < -0.4 is 5.32 Å². The Hall–Kier alpha value is -0.910. The summed E-state index contributed by atoms with van der Waals surface area (Å²) in [5.74, 6) is 0.0118. The van der Waals surface area contributed by atoms with E-state index in [1.54, 1.807) is 0 Å².